The lowest BCUT2D eigenvalue weighted by atomic mass is 9.87. The van der Waals surface area contributed by atoms with Crippen LogP contribution in [0.5, 0.6) is 11.5 Å². The second-order valence-corrected chi connectivity index (χ2v) is 4.70. The van der Waals surface area contributed by atoms with Crippen molar-refractivity contribution in [1.29, 1.82) is 0 Å². The monoisotopic (exact) mass is 269 g/mol. The Morgan fingerprint density at radius 2 is 1.79 bits per heavy atom. The molecule has 0 saturated carbocycles. The van der Waals surface area contributed by atoms with E-state index in [9.17, 15) is 4.39 Å². The Balaban J connectivity index is 2.27. The molecule has 0 bridgehead atoms. The maximum atomic E-state index is 14.1. The molecule has 1 aliphatic rings. The Morgan fingerprint density at radius 3 is 2.37 bits per heavy atom. The maximum absolute atomic E-state index is 14.1. The number of benzene rings is 1. The molecule has 0 spiro atoms. The van der Waals surface area contributed by atoms with Crippen molar-refractivity contribution in [3.8, 4) is 11.5 Å². The highest BCUT2D eigenvalue weighted by molar-refractivity contribution is 5.44. The van der Waals surface area contributed by atoms with Crippen molar-refractivity contribution in [2.75, 3.05) is 27.4 Å². The predicted molar refractivity (Wildman–Crippen MR) is 70.0 cm³/mol. The number of methoxy groups -OCH3 is 2. The van der Waals surface area contributed by atoms with Gasteiger partial charge in [-0.1, -0.05) is 0 Å². The smallest absolute Gasteiger partial charge is 0.163 e. The van der Waals surface area contributed by atoms with Crippen molar-refractivity contribution in [2.24, 2.45) is 11.7 Å². The van der Waals surface area contributed by atoms with E-state index in [1.807, 2.05) is 0 Å². The number of nitrogens with two attached hydrogens (primary N) is 1. The molecule has 4 nitrogen and oxygen atoms in total. The molecule has 0 aliphatic carbocycles. The van der Waals surface area contributed by atoms with Gasteiger partial charge in [-0.2, -0.15) is 0 Å². The summed E-state index contributed by atoms with van der Waals surface area (Å²) in [5.74, 6) is 0.766. The fourth-order valence-corrected chi connectivity index (χ4v) is 2.45. The van der Waals surface area contributed by atoms with Crippen LogP contribution >= 0.6 is 0 Å². The minimum Gasteiger partial charge on any atom is -0.493 e. The first-order valence-corrected chi connectivity index (χ1v) is 6.42. The Morgan fingerprint density at radius 1 is 1.21 bits per heavy atom. The Labute approximate surface area is 112 Å². The molecule has 1 aliphatic heterocycles. The van der Waals surface area contributed by atoms with E-state index >= 15 is 0 Å². The Hall–Kier alpha value is -1.33. The van der Waals surface area contributed by atoms with Gasteiger partial charge in [0.1, 0.15) is 5.82 Å². The SMILES string of the molecule is COc1cc(F)c([C@H](N)C2CCOCC2)cc1OC. The summed E-state index contributed by atoms with van der Waals surface area (Å²) in [5, 5.41) is 0. The van der Waals surface area contributed by atoms with Gasteiger partial charge < -0.3 is 19.9 Å². The summed E-state index contributed by atoms with van der Waals surface area (Å²) in [6.07, 6.45) is 1.71. The van der Waals surface area contributed by atoms with Crippen LogP contribution < -0.4 is 15.2 Å². The zero-order chi connectivity index (χ0) is 13.8. The maximum Gasteiger partial charge on any atom is 0.163 e. The first-order chi connectivity index (χ1) is 9.17. The third-order valence-corrected chi connectivity index (χ3v) is 3.64. The summed E-state index contributed by atoms with van der Waals surface area (Å²) in [5.41, 5.74) is 6.67. The standard InChI is InChI=1S/C14H20FNO3/c1-17-12-7-10(11(15)8-13(12)18-2)14(16)9-3-5-19-6-4-9/h7-9,14H,3-6,16H2,1-2H3/t14-/m1/s1. The lowest BCUT2D eigenvalue weighted by Crippen LogP contribution is -2.28. The van der Waals surface area contributed by atoms with Gasteiger partial charge >= 0.3 is 0 Å². The van der Waals surface area contributed by atoms with Gasteiger partial charge in [0.25, 0.3) is 0 Å². The fraction of sp³-hybridized carbons (Fsp3) is 0.571. The van der Waals surface area contributed by atoms with Crippen LogP contribution in [-0.2, 0) is 4.74 Å². The van der Waals surface area contributed by atoms with Crippen LogP contribution in [0.1, 0.15) is 24.4 Å². The molecule has 2 rings (SSSR count). The van der Waals surface area contributed by atoms with E-state index in [-0.39, 0.29) is 17.8 Å². The van der Waals surface area contributed by atoms with E-state index in [1.165, 1.54) is 20.3 Å². The number of halogens is 1. The molecule has 2 N–H and O–H groups in total. The Kier molecular flexibility index (Phi) is 4.61. The predicted octanol–water partition coefficient (Wildman–Crippen LogP) is 2.27. The van der Waals surface area contributed by atoms with Crippen LogP contribution in [0.2, 0.25) is 0 Å². The molecule has 5 heteroatoms. The first kappa shape index (κ1) is 14.1. The molecule has 1 fully saturated rings. The van der Waals surface area contributed by atoms with Crippen LogP contribution in [-0.4, -0.2) is 27.4 Å². The lowest BCUT2D eigenvalue weighted by Gasteiger charge is -2.28. The normalized spacial score (nSPS) is 18.1. The van der Waals surface area contributed by atoms with Gasteiger partial charge in [-0.25, -0.2) is 4.39 Å². The Bertz CT molecular complexity index is 433. The van der Waals surface area contributed by atoms with E-state index in [1.54, 1.807) is 6.07 Å². The third-order valence-electron chi connectivity index (χ3n) is 3.64. The molecule has 0 unspecified atom stereocenters. The topological polar surface area (TPSA) is 53.7 Å². The van der Waals surface area contributed by atoms with E-state index in [2.05, 4.69) is 0 Å². The van der Waals surface area contributed by atoms with Crippen LogP contribution in [0.3, 0.4) is 0 Å². The van der Waals surface area contributed by atoms with E-state index in [4.69, 9.17) is 19.9 Å². The zero-order valence-corrected chi connectivity index (χ0v) is 11.3. The highest BCUT2D eigenvalue weighted by Crippen LogP contribution is 2.36. The summed E-state index contributed by atoms with van der Waals surface area (Å²) in [4.78, 5) is 0. The zero-order valence-electron chi connectivity index (χ0n) is 11.3. The minimum atomic E-state index is -0.350. The molecule has 1 atom stereocenters. The number of hydrogen-bond donors (Lipinski definition) is 1. The summed E-state index contributed by atoms with van der Waals surface area (Å²) in [7, 11) is 3.01. The van der Waals surface area contributed by atoms with Gasteiger partial charge in [0.05, 0.1) is 14.2 Å². The summed E-state index contributed by atoms with van der Waals surface area (Å²) >= 11 is 0. The number of hydrogen-bond acceptors (Lipinski definition) is 4. The molecule has 106 valence electrons. The first-order valence-electron chi connectivity index (χ1n) is 6.42. The van der Waals surface area contributed by atoms with Crippen molar-refractivity contribution < 1.29 is 18.6 Å². The van der Waals surface area contributed by atoms with Crippen LogP contribution in [0.4, 0.5) is 4.39 Å². The van der Waals surface area contributed by atoms with E-state index in [0.29, 0.717) is 30.3 Å². The van der Waals surface area contributed by atoms with Crippen molar-refractivity contribution in [3.63, 3.8) is 0 Å². The largest absolute Gasteiger partial charge is 0.493 e. The lowest BCUT2D eigenvalue weighted by molar-refractivity contribution is 0.0579. The van der Waals surface area contributed by atoms with Crippen LogP contribution in [0.25, 0.3) is 0 Å². The van der Waals surface area contributed by atoms with E-state index < -0.39 is 0 Å². The molecule has 0 amide bonds. The van der Waals surface area contributed by atoms with Gasteiger partial charge in [0, 0.05) is 30.9 Å². The van der Waals surface area contributed by atoms with Crippen LogP contribution in [0.15, 0.2) is 12.1 Å². The van der Waals surface area contributed by atoms with Crippen molar-refractivity contribution in [2.45, 2.75) is 18.9 Å². The summed E-state index contributed by atoms with van der Waals surface area (Å²) in [6, 6.07) is 2.62. The van der Waals surface area contributed by atoms with Gasteiger partial charge in [-0.05, 0) is 24.8 Å². The van der Waals surface area contributed by atoms with Gasteiger partial charge in [-0.3, -0.25) is 0 Å². The summed E-state index contributed by atoms with van der Waals surface area (Å²) < 4.78 is 29.7. The molecule has 1 aromatic carbocycles. The third kappa shape index (κ3) is 2.98. The van der Waals surface area contributed by atoms with Crippen molar-refractivity contribution in [1.82, 2.24) is 0 Å². The van der Waals surface area contributed by atoms with Gasteiger partial charge in [-0.15, -0.1) is 0 Å². The van der Waals surface area contributed by atoms with Gasteiger partial charge in [0.15, 0.2) is 11.5 Å². The number of ether oxygens (including phenoxy) is 3. The molecular weight excluding hydrogens is 249 g/mol. The fourth-order valence-electron chi connectivity index (χ4n) is 2.45. The van der Waals surface area contributed by atoms with Crippen molar-refractivity contribution >= 4 is 0 Å². The highest BCUT2D eigenvalue weighted by atomic mass is 19.1. The average Bonchev–Trinajstić information content (AvgIpc) is 2.47. The minimum absolute atomic E-state index is 0.237. The molecule has 19 heavy (non-hydrogen) atoms. The second-order valence-electron chi connectivity index (χ2n) is 4.70. The molecule has 1 heterocycles. The molecule has 1 saturated heterocycles. The van der Waals surface area contributed by atoms with Crippen LogP contribution in [0, 0.1) is 11.7 Å². The second kappa shape index (κ2) is 6.21. The van der Waals surface area contributed by atoms with E-state index in [0.717, 1.165) is 12.8 Å². The van der Waals surface area contributed by atoms with Crippen molar-refractivity contribution in [3.05, 3.63) is 23.5 Å². The highest BCUT2D eigenvalue weighted by Gasteiger charge is 2.25. The molecule has 0 radical (unpaired) electrons. The number of rotatable bonds is 4. The summed E-state index contributed by atoms with van der Waals surface area (Å²) in [6.45, 7) is 1.38. The molecule has 0 aromatic heterocycles. The van der Waals surface area contributed by atoms with Gasteiger partial charge in [0.2, 0.25) is 0 Å². The molecule has 1 aromatic rings. The average molecular weight is 269 g/mol. The molecular formula is C14H20FNO3. The quantitative estimate of drug-likeness (QED) is 0.911.